The Morgan fingerprint density at radius 1 is 1.16 bits per heavy atom. The molecule has 1 heterocycles. The number of anilines is 1. The third kappa shape index (κ3) is 5.79. The number of hydrogen-bond donors (Lipinski definition) is 1. The maximum atomic E-state index is 12.5. The monoisotopic (exact) mass is 352 g/mol. The molecular weight excluding hydrogens is 324 g/mol. The van der Waals surface area contributed by atoms with Gasteiger partial charge in [-0.05, 0) is 30.9 Å². The van der Waals surface area contributed by atoms with E-state index >= 15 is 0 Å². The molecule has 1 aliphatic rings. The van der Waals surface area contributed by atoms with Crippen molar-refractivity contribution >= 4 is 11.7 Å². The standard InChI is InChI=1S/C18H28N2O5/c1-22-10-11-25-13-14-6-8-20(9-7-14)18(21)19-16-5-4-15(23-2)12-17(16)24-3/h4-5,12,14H,6-11,13H2,1-3H3,(H,19,21). The Bertz CT molecular complexity index is 544. The average molecular weight is 352 g/mol. The molecule has 0 radical (unpaired) electrons. The summed E-state index contributed by atoms with van der Waals surface area (Å²) >= 11 is 0. The molecule has 0 saturated carbocycles. The number of hydrogen-bond acceptors (Lipinski definition) is 5. The van der Waals surface area contributed by atoms with Crippen LogP contribution in [0.25, 0.3) is 0 Å². The van der Waals surface area contributed by atoms with Crippen molar-refractivity contribution in [3.63, 3.8) is 0 Å². The first-order valence-electron chi connectivity index (χ1n) is 8.52. The second-order valence-electron chi connectivity index (χ2n) is 5.99. The van der Waals surface area contributed by atoms with Gasteiger partial charge in [-0.15, -0.1) is 0 Å². The van der Waals surface area contributed by atoms with Crippen molar-refractivity contribution in [3.05, 3.63) is 18.2 Å². The van der Waals surface area contributed by atoms with E-state index in [0.717, 1.165) is 32.5 Å². The second-order valence-corrected chi connectivity index (χ2v) is 5.99. The number of benzene rings is 1. The smallest absolute Gasteiger partial charge is 0.321 e. The number of methoxy groups -OCH3 is 3. The van der Waals surface area contributed by atoms with Gasteiger partial charge >= 0.3 is 6.03 Å². The van der Waals surface area contributed by atoms with E-state index < -0.39 is 0 Å². The zero-order valence-electron chi connectivity index (χ0n) is 15.2. The van der Waals surface area contributed by atoms with E-state index in [9.17, 15) is 4.79 Å². The van der Waals surface area contributed by atoms with Gasteiger partial charge in [0.05, 0.1) is 33.1 Å². The summed E-state index contributed by atoms with van der Waals surface area (Å²) in [5.41, 5.74) is 0.637. The third-order valence-corrected chi connectivity index (χ3v) is 4.34. The Morgan fingerprint density at radius 3 is 2.56 bits per heavy atom. The van der Waals surface area contributed by atoms with Crippen LogP contribution in [-0.2, 0) is 9.47 Å². The van der Waals surface area contributed by atoms with Crippen LogP contribution < -0.4 is 14.8 Å². The Morgan fingerprint density at radius 2 is 1.92 bits per heavy atom. The molecule has 1 N–H and O–H groups in total. The Labute approximate surface area is 149 Å². The topological polar surface area (TPSA) is 69.3 Å². The zero-order valence-corrected chi connectivity index (χ0v) is 15.2. The molecule has 0 bridgehead atoms. The van der Waals surface area contributed by atoms with Crippen LogP contribution in [0.3, 0.4) is 0 Å². The number of ether oxygens (including phenoxy) is 4. The van der Waals surface area contributed by atoms with Crippen LogP contribution in [0, 0.1) is 5.92 Å². The lowest BCUT2D eigenvalue weighted by atomic mass is 9.98. The second kappa shape index (κ2) is 10.1. The van der Waals surface area contributed by atoms with E-state index in [0.29, 0.717) is 36.3 Å². The first-order chi connectivity index (χ1) is 12.2. The maximum Gasteiger partial charge on any atom is 0.321 e. The van der Waals surface area contributed by atoms with Gasteiger partial charge in [0.15, 0.2) is 0 Å². The van der Waals surface area contributed by atoms with E-state index in [4.69, 9.17) is 18.9 Å². The van der Waals surface area contributed by atoms with Crippen molar-refractivity contribution < 1.29 is 23.7 Å². The third-order valence-electron chi connectivity index (χ3n) is 4.34. The van der Waals surface area contributed by atoms with Crippen LogP contribution in [0.15, 0.2) is 18.2 Å². The Kier molecular flexibility index (Phi) is 7.81. The average Bonchev–Trinajstić information content (AvgIpc) is 2.66. The summed E-state index contributed by atoms with van der Waals surface area (Å²) in [5.74, 6) is 1.76. The molecule has 2 amide bonds. The van der Waals surface area contributed by atoms with Gasteiger partial charge in [-0.2, -0.15) is 0 Å². The molecule has 140 valence electrons. The van der Waals surface area contributed by atoms with Crippen LogP contribution in [0.5, 0.6) is 11.5 Å². The number of nitrogens with one attached hydrogen (secondary N) is 1. The van der Waals surface area contributed by atoms with Gasteiger partial charge in [-0.1, -0.05) is 0 Å². The summed E-state index contributed by atoms with van der Waals surface area (Å²) in [6.45, 7) is 3.41. The summed E-state index contributed by atoms with van der Waals surface area (Å²) in [7, 11) is 4.83. The molecule has 1 aromatic rings. The summed E-state index contributed by atoms with van der Waals surface area (Å²) in [6, 6.07) is 5.22. The van der Waals surface area contributed by atoms with Gasteiger partial charge in [0.25, 0.3) is 0 Å². The molecule has 7 nitrogen and oxygen atoms in total. The van der Waals surface area contributed by atoms with Gasteiger partial charge < -0.3 is 29.2 Å². The summed E-state index contributed by atoms with van der Waals surface area (Å²) < 4.78 is 21.0. The lowest BCUT2D eigenvalue weighted by Crippen LogP contribution is -2.41. The molecule has 25 heavy (non-hydrogen) atoms. The minimum Gasteiger partial charge on any atom is -0.497 e. The molecule has 0 aromatic heterocycles. The molecule has 1 aliphatic heterocycles. The molecule has 0 aliphatic carbocycles. The maximum absolute atomic E-state index is 12.5. The van der Waals surface area contributed by atoms with Crippen molar-refractivity contribution in [2.45, 2.75) is 12.8 Å². The fourth-order valence-electron chi connectivity index (χ4n) is 2.79. The number of likely N-dealkylation sites (tertiary alicyclic amines) is 1. The zero-order chi connectivity index (χ0) is 18.1. The molecule has 0 unspecified atom stereocenters. The lowest BCUT2D eigenvalue weighted by molar-refractivity contribution is 0.0386. The Balaban J connectivity index is 1.81. The van der Waals surface area contributed by atoms with Crippen LogP contribution in [0.1, 0.15) is 12.8 Å². The highest BCUT2D eigenvalue weighted by Gasteiger charge is 2.23. The SMILES string of the molecule is COCCOCC1CCN(C(=O)Nc2ccc(OC)cc2OC)CC1. The number of urea groups is 1. The molecule has 1 fully saturated rings. The van der Waals surface area contributed by atoms with E-state index in [1.807, 2.05) is 4.90 Å². The van der Waals surface area contributed by atoms with Crippen molar-refractivity contribution in [1.29, 1.82) is 0 Å². The quantitative estimate of drug-likeness (QED) is 0.729. The number of carbonyl (C=O) groups is 1. The Hall–Kier alpha value is -1.99. The van der Waals surface area contributed by atoms with Gasteiger partial charge in [-0.3, -0.25) is 0 Å². The van der Waals surface area contributed by atoms with Crippen molar-refractivity contribution in [2.75, 3.05) is 59.6 Å². The van der Waals surface area contributed by atoms with Crippen LogP contribution in [0.4, 0.5) is 10.5 Å². The van der Waals surface area contributed by atoms with Crippen LogP contribution in [0.2, 0.25) is 0 Å². The van der Waals surface area contributed by atoms with Gasteiger partial charge in [0.1, 0.15) is 11.5 Å². The first-order valence-corrected chi connectivity index (χ1v) is 8.52. The van der Waals surface area contributed by atoms with Crippen molar-refractivity contribution in [1.82, 2.24) is 4.90 Å². The minimum atomic E-state index is -0.109. The van der Waals surface area contributed by atoms with Crippen molar-refractivity contribution in [2.24, 2.45) is 5.92 Å². The van der Waals surface area contributed by atoms with E-state index in [1.54, 1.807) is 39.5 Å². The summed E-state index contributed by atoms with van der Waals surface area (Å²) in [4.78, 5) is 14.3. The highest BCUT2D eigenvalue weighted by molar-refractivity contribution is 5.91. The number of piperidine rings is 1. The van der Waals surface area contributed by atoms with Crippen molar-refractivity contribution in [3.8, 4) is 11.5 Å². The summed E-state index contributed by atoms with van der Waals surface area (Å²) in [5, 5.41) is 2.92. The highest BCUT2D eigenvalue weighted by atomic mass is 16.5. The lowest BCUT2D eigenvalue weighted by Gasteiger charge is -2.32. The largest absolute Gasteiger partial charge is 0.497 e. The predicted molar refractivity (Wildman–Crippen MR) is 95.6 cm³/mol. The molecule has 0 spiro atoms. The number of rotatable bonds is 8. The van der Waals surface area contributed by atoms with E-state index in [2.05, 4.69) is 5.32 Å². The van der Waals surface area contributed by atoms with Gasteiger partial charge in [-0.25, -0.2) is 4.79 Å². The summed E-state index contributed by atoms with van der Waals surface area (Å²) in [6.07, 6.45) is 1.89. The predicted octanol–water partition coefficient (Wildman–Crippen LogP) is 2.61. The fraction of sp³-hybridized carbons (Fsp3) is 0.611. The first kappa shape index (κ1) is 19.3. The van der Waals surface area contributed by atoms with Crippen LogP contribution in [-0.4, -0.2) is 65.2 Å². The molecule has 2 rings (SSSR count). The van der Waals surface area contributed by atoms with E-state index in [1.165, 1.54) is 0 Å². The fourth-order valence-corrected chi connectivity index (χ4v) is 2.79. The molecular formula is C18H28N2O5. The molecule has 1 saturated heterocycles. The number of carbonyl (C=O) groups excluding carboxylic acids is 1. The molecule has 7 heteroatoms. The van der Waals surface area contributed by atoms with E-state index in [-0.39, 0.29) is 6.03 Å². The highest BCUT2D eigenvalue weighted by Crippen LogP contribution is 2.29. The number of nitrogens with zero attached hydrogens (tertiary/aromatic N) is 1. The number of amides is 2. The minimum absolute atomic E-state index is 0.109. The molecule has 0 atom stereocenters. The van der Waals surface area contributed by atoms with Gasteiger partial charge in [0, 0.05) is 32.9 Å². The molecule has 1 aromatic carbocycles. The normalized spacial score (nSPS) is 15.1. The van der Waals surface area contributed by atoms with Gasteiger partial charge in [0.2, 0.25) is 0 Å². The van der Waals surface area contributed by atoms with Crippen LogP contribution >= 0.6 is 0 Å².